The highest BCUT2D eigenvalue weighted by atomic mass is 35.5. The molecule has 0 saturated heterocycles. The van der Waals surface area contributed by atoms with Crippen LogP contribution in [0.5, 0.6) is 0 Å². The molecule has 8 heteroatoms. The van der Waals surface area contributed by atoms with Crippen molar-refractivity contribution >= 4 is 27.4 Å². The van der Waals surface area contributed by atoms with Crippen LogP contribution in [-0.2, 0) is 21.2 Å². The molecule has 0 aliphatic carbocycles. The summed E-state index contributed by atoms with van der Waals surface area (Å²) >= 11 is 5.88. The van der Waals surface area contributed by atoms with Gasteiger partial charge in [-0.15, -0.1) is 0 Å². The monoisotopic (exact) mass is 390 g/mol. The second kappa shape index (κ2) is 7.31. The van der Waals surface area contributed by atoms with Gasteiger partial charge in [0.15, 0.2) is 9.84 Å². The van der Waals surface area contributed by atoms with Crippen molar-refractivity contribution in [3.05, 3.63) is 77.1 Å². The number of carbonyl (C=O) groups is 1. The number of benzene rings is 2. The third kappa shape index (κ3) is 4.12. The van der Waals surface area contributed by atoms with Gasteiger partial charge in [-0.05, 0) is 42.0 Å². The van der Waals surface area contributed by atoms with Gasteiger partial charge in [-0.1, -0.05) is 23.7 Å². The Kier molecular flexibility index (Phi) is 5.11. The maximum Gasteiger partial charge on any atom is 0.338 e. The first-order valence-electron chi connectivity index (χ1n) is 7.60. The highest BCUT2D eigenvalue weighted by Gasteiger charge is 2.16. The highest BCUT2D eigenvalue weighted by Crippen LogP contribution is 2.23. The molecule has 3 aromatic rings. The summed E-state index contributed by atoms with van der Waals surface area (Å²) in [5.74, 6) is -0.622. The fourth-order valence-corrected chi connectivity index (χ4v) is 3.61. The summed E-state index contributed by atoms with van der Waals surface area (Å²) in [6.07, 6.45) is 4.55. The third-order valence-electron chi connectivity index (χ3n) is 3.64. The van der Waals surface area contributed by atoms with E-state index in [-0.39, 0.29) is 22.1 Å². The smallest absolute Gasteiger partial charge is 0.338 e. The van der Waals surface area contributed by atoms with Crippen molar-refractivity contribution < 1.29 is 17.9 Å². The molecule has 0 spiro atoms. The minimum atomic E-state index is -3.53. The first-order chi connectivity index (χ1) is 12.3. The lowest BCUT2D eigenvalue weighted by atomic mass is 10.2. The maximum atomic E-state index is 12.2. The van der Waals surface area contributed by atoms with E-state index in [0.29, 0.717) is 0 Å². The largest absolute Gasteiger partial charge is 0.457 e. The summed E-state index contributed by atoms with van der Waals surface area (Å²) in [5.41, 5.74) is 1.81. The number of ether oxygens (including phenoxy) is 1. The van der Waals surface area contributed by atoms with Gasteiger partial charge >= 0.3 is 5.97 Å². The predicted octanol–water partition coefficient (Wildman–Crippen LogP) is 3.29. The van der Waals surface area contributed by atoms with Crippen LogP contribution in [0.3, 0.4) is 0 Å². The molecule has 0 bridgehead atoms. The Hall–Kier alpha value is -2.64. The van der Waals surface area contributed by atoms with Crippen LogP contribution in [-0.4, -0.2) is 30.4 Å². The van der Waals surface area contributed by atoms with Crippen LogP contribution in [0.1, 0.15) is 15.9 Å². The van der Waals surface area contributed by atoms with Crippen LogP contribution >= 0.6 is 11.6 Å². The van der Waals surface area contributed by atoms with Gasteiger partial charge in [-0.25, -0.2) is 17.9 Å². The third-order valence-corrected chi connectivity index (χ3v) is 5.22. The van der Waals surface area contributed by atoms with E-state index >= 15 is 0 Å². The summed E-state index contributed by atoms with van der Waals surface area (Å²) < 4.78 is 30.4. The van der Waals surface area contributed by atoms with Gasteiger partial charge in [-0.2, -0.15) is 5.10 Å². The minimum absolute atomic E-state index is 0.0645. The fourth-order valence-electron chi connectivity index (χ4n) is 2.31. The van der Waals surface area contributed by atoms with Crippen molar-refractivity contribution in [3.63, 3.8) is 0 Å². The predicted molar refractivity (Wildman–Crippen MR) is 97.2 cm³/mol. The first kappa shape index (κ1) is 18.2. The highest BCUT2D eigenvalue weighted by molar-refractivity contribution is 7.90. The summed E-state index contributed by atoms with van der Waals surface area (Å²) in [5, 5.41) is 4.20. The molecule has 0 amide bonds. The van der Waals surface area contributed by atoms with Crippen LogP contribution in [0, 0.1) is 0 Å². The van der Waals surface area contributed by atoms with E-state index in [1.54, 1.807) is 10.9 Å². The Bertz CT molecular complexity index is 1030. The van der Waals surface area contributed by atoms with Crippen LogP contribution in [0.15, 0.2) is 65.8 Å². The van der Waals surface area contributed by atoms with Crippen LogP contribution in [0.2, 0.25) is 5.02 Å². The molecule has 134 valence electrons. The molecule has 1 heterocycles. The SMILES string of the molecule is CS(=O)(=O)c1cc(C(=O)OCc2ccc(-n3cccn3)cc2)ccc1Cl. The fraction of sp³-hybridized carbons (Fsp3) is 0.111. The number of hydrogen-bond acceptors (Lipinski definition) is 5. The second-order valence-electron chi connectivity index (χ2n) is 5.61. The molecule has 3 rings (SSSR count). The molecule has 2 aromatic carbocycles. The molecular formula is C18H15ClN2O4S. The van der Waals surface area contributed by atoms with Gasteiger partial charge in [0, 0.05) is 18.6 Å². The van der Waals surface area contributed by atoms with Crippen molar-refractivity contribution in [2.45, 2.75) is 11.5 Å². The summed E-state index contributed by atoms with van der Waals surface area (Å²) in [4.78, 5) is 12.1. The normalized spacial score (nSPS) is 11.3. The molecule has 0 N–H and O–H groups in total. The quantitative estimate of drug-likeness (QED) is 0.624. The lowest BCUT2D eigenvalue weighted by Gasteiger charge is -2.08. The zero-order valence-electron chi connectivity index (χ0n) is 13.8. The van der Waals surface area contributed by atoms with Crippen LogP contribution < -0.4 is 0 Å². The second-order valence-corrected chi connectivity index (χ2v) is 8.00. The summed E-state index contributed by atoms with van der Waals surface area (Å²) in [6.45, 7) is 0.0645. The average Bonchev–Trinajstić information content (AvgIpc) is 3.14. The Labute approximate surface area is 155 Å². The molecule has 0 fully saturated rings. The molecule has 1 aromatic heterocycles. The Morgan fingerprint density at radius 2 is 1.92 bits per heavy atom. The van der Waals surface area contributed by atoms with E-state index in [9.17, 15) is 13.2 Å². The van der Waals surface area contributed by atoms with E-state index in [1.165, 1.54) is 18.2 Å². The lowest BCUT2D eigenvalue weighted by Crippen LogP contribution is -2.07. The van der Waals surface area contributed by atoms with Crippen molar-refractivity contribution in [2.24, 2.45) is 0 Å². The Morgan fingerprint density at radius 1 is 1.19 bits per heavy atom. The molecule has 0 aliphatic heterocycles. The average molecular weight is 391 g/mol. The first-order valence-corrected chi connectivity index (χ1v) is 9.87. The van der Waals surface area contributed by atoms with Crippen molar-refractivity contribution in [2.75, 3.05) is 6.26 Å². The number of nitrogens with zero attached hydrogens (tertiary/aromatic N) is 2. The molecular weight excluding hydrogens is 376 g/mol. The van der Waals surface area contributed by atoms with Gasteiger partial charge in [0.1, 0.15) is 6.61 Å². The zero-order valence-corrected chi connectivity index (χ0v) is 15.4. The van der Waals surface area contributed by atoms with E-state index in [1.807, 2.05) is 36.5 Å². The van der Waals surface area contributed by atoms with E-state index in [4.69, 9.17) is 16.3 Å². The van der Waals surface area contributed by atoms with Crippen molar-refractivity contribution in [1.82, 2.24) is 9.78 Å². The molecule has 0 aliphatic rings. The number of rotatable bonds is 5. The maximum absolute atomic E-state index is 12.2. The molecule has 6 nitrogen and oxygen atoms in total. The Balaban J connectivity index is 1.69. The number of aromatic nitrogens is 2. The minimum Gasteiger partial charge on any atom is -0.457 e. The molecule has 0 saturated carbocycles. The molecule has 0 radical (unpaired) electrons. The molecule has 26 heavy (non-hydrogen) atoms. The van der Waals surface area contributed by atoms with Gasteiger partial charge < -0.3 is 4.74 Å². The van der Waals surface area contributed by atoms with Crippen molar-refractivity contribution in [3.8, 4) is 5.69 Å². The lowest BCUT2D eigenvalue weighted by molar-refractivity contribution is 0.0472. The Morgan fingerprint density at radius 3 is 2.54 bits per heavy atom. The molecule has 0 atom stereocenters. The topological polar surface area (TPSA) is 78.3 Å². The van der Waals surface area contributed by atoms with Gasteiger partial charge in [-0.3, -0.25) is 0 Å². The summed E-state index contributed by atoms with van der Waals surface area (Å²) in [6, 6.07) is 13.2. The number of sulfone groups is 1. The van der Waals surface area contributed by atoms with Crippen LogP contribution in [0.25, 0.3) is 5.69 Å². The van der Waals surface area contributed by atoms with E-state index in [0.717, 1.165) is 17.5 Å². The zero-order chi connectivity index (χ0) is 18.7. The van der Waals surface area contributed by atoms with E-state index in [2.05, 4.69) is 5.10 Å². The standard InChI is InChI=1S/C18H15ClN2O4S/c1-26(23,24)17-11-14(5-8-16(17)19)18(22)25-12-13-3-6-15(7-4-13)21-10-2-9-20-21/h2-11H,12H2,1H3. The van der Waals surface area contributed by atoms with E-state index < -0.39 is 15.8 Å². The number of esters is 1. The number of halogens is 1. The van der Waals surface area contributed by atoms with Crippen LogP contribution in [0.4, 0.5) is 0 Å². The van der Waals surface area contributed by atoms with Crippen molar-refractivity contribution in [1.29, 1.82) is 0 Å². The van der Waals surface area contributed by atoms with Gasteiger partial charge in [0.25, 0.3) is 0 Å². The van der Waals surface area contributed by atoms with Gasteiger partial charge in [0.05, 0.1) is 21.2 Å². The van der Waals surface area contributed by atoms with Gasteiger partial charge in [0.2, 0.25) is 0 Å². The number of carbonyl (C=O) groups excluding carboxylic acids is 1. The number of hydrogen-bond donors (Lipinski definition) is 0. The molecule has 0 unspecified atom stereocenters. The summed E-state index contributed by atoms with van der Waals surface area (Å²) in [7, 11) is -3.53.